The number of rotatable bonds is 7. The quantitative estimate of drug-likeness (QED) is 0.329. The second-order valence-corrected chi connectivity index (χ2v) is 8.78. The minimum atomic E-state index is -0.212. The summed E-state index contributed by atoms with van der Waals surface area (Å²) in [7, 11) is 1.53. The number of hydrogen-bond acceptors (Lipinski definition) is 6. The molecule has 10 heteroatoms. The fourth-order valence-corrected chi connectivity index (χ4v) is 4.15. The van der Waals surface area contributed by atoms with Crippen LogP contribution in [0.4, 0.5) is 5.69 Å². The van der Waals surface area contributed by atoms with Gasteiger partial charge in [0.15, 0.2) is 11.0 Å². The second-order valence-electron chi connectivity index (χ2n) is 6.99. The van der Waals surface area contributed by atoms with Crippen molar-refractivity contribution < 1.29 is 9.53 Å². The van der Waals surface area contributed by atoms with Gasteiger partial charge in [-0.15, -0.1) is 10.2 Å². The van der Waals surface area contributed by atoms with Crippen LogP contribution in [0.5, 0.6) is 5.75 Å². The molecular formula is C23H19Cl2N5O2S. The molecule has 4 rings (SSSR count). The molecule has 168 valence electrons. The van der Waals surface area contributed by atoms with Crippen LogP contribution >= 0.6 is 35.0 Å². The van der Waals surface area contributed by atoms with Crippen molar-refractivity contribution in [3.05, 3.63) is 76.5 Å². The number of pyridine rings is 1. The lowest BCUT2D eigenvalue weighted by atomic mass is 10.2. The Balaban J connectivity index is 1.59. The van der Waals surface area contributed by atoms with E-state index in [2.05, 4.69) is 20.5 Å². The molecule has 0 aliphatic heterocycles. The number of ether oxygens (including phenoxy) is 1. The number of amides is 1. The van der Waals surface area contributed by atoms with E-state index in [-0.39, 0.29) is 11.7 Å². The molecule has 4 aromatic rings. The summed E-state index contributed by atoms with van der Waals surface area (Å²) in [5, 5.41) is 13.3. The van der Waals surface area contributed by atoms with Crippen LogP contribution in [0.2, 0.25) is 10.0 Å². The number of halogens is 2. The van der Waals surface area contributed by atoms with Crippen LogP contribution in [0.25, 0.3) is 17.1 Å². The number of nitrogens with one attached hydrogen (secondary N) is 1. The number of aromatic nitrogens is 4. The molecule has 2 heterocycles. The van der Waals surface area contributed by atoms with Crippen molar-refractivity contribution in [3.8, 4) is 22.8 Å². The predicted octanol–water partition coefficient (Wildman–Crippen LogP) is 5.68. The van der Waals surface area contributed by atoms with Gasteiger partial charge in [0.05, 0.1) is 18.6 Å². The van der Waals surface area contributed by atoms with Crippen LogP contribution in [-0.4, -0.2) is 38.5 Å². The van der Waals surface area contributed by atoms with Gasteiger partial charge in [-0.25, -0.2) is 0 Å². The van der Waals surface area contributed by atoms with Crippen molar-refractivity contribution in [2.24, 2.45) is 0 Å². The molecule has 0 unspecified atom stereocenters. The van der Waals surface area contributed by atoms with Crippen molar-refractivity contribution in [1.29, 1.82) is 0 Å². The highest BCUT2D eigenvalue weighted by Crippen LogP contribution is 2.32. The molecule has 2 aromatic carbocycles. The number of carbonyl (C=O) groups is 1. The Hall–Kier alpha value is -3.07. The number of anilines is 1. The maximum atomic E-state index is 12.7. The Labute approximate surface area is 205 Å². The van der Waals surface area contributed by atoms with Gasteiger partial charge in [0.25, 0.3) is 0 Å². The number of carbonyl (C=O) groups excluding carboxylic acids is 1. The first-order chi connectivity index (χ1) is 16.0. The molecular weight excluding hydrogens is 481 g/mol. The zero-order chi connectivity index (χ0) is 23.4. The van der Waals surface area contributed by atoms with Crippen LogP contribution < -0.4 is 10.1 Å². The Kier molecular flexibility index (Phi) is 7.17. The number of nitrogens with zero attached hydrogens (tertiary/aromatic N) is 4. The highest BCUT2D eigenvalue weighted by atomic mass is 35.5. The minimum absolute atomic E-state index is 0.118. The molecule has 1 amide bonds. The van der Waals surface area contributed by atoms with Crippen LogP contribution in [0, 0.1) is 6.92 Å². The summed E-state index contributed by atoms with van der Waals surface area (Å²) in [6, 6.07) is 14.5. The molecule has 7 nitrogen and oxygen atoms in total. The van der Waals surface area contributed by atoms with Crippen molar-refractivity contribution in [2.75, 3.05) is 18.2 Å². The van der Waals surface area contributed by atoms with Crippen molar-refractivity contribution in [3.63, 3.8) is 0 Å². The van der Waals surface area contributed by atoms with E-state index in [1.165, 1.54) is 18.9 Å². The lowest BCUT2D eigenvalue weighted by Gasteiger charge is -2.13. The summed E-state index contributed by atoms with van der Waals surface area (Å²) < 4.78 is 7.22. The topological polar surface area (TPSA) is 81.9 Å². The van der Waals surface area contributed by atoms with E-state index in [4.69, 9.17) is 27.9 Å². The van der Waals surface area contributed by atoms with Gasteiger partial charge in [0.1, 0.15) is 5.75 Å². The Bertz CT molecular complexity index is 1280. The largest absolute Gasteiger partial charge is 0.495 e. The molecule has 0 saturated heterocycles. The first-order valence-corrected chi connectivity index (χ1v) is 11.6. The van der Waals surface area contributed by atoms with Crippen LogP contribution in [0.15, 0.2) is 66.1 Å². The van der Waals surface area contributed by atoms with E-state index in [1.807, 2.05) is 35.8 Å². The van der Waals surface area contributed by atoms with E-state index in [0.29, 0.717) is 32.5 Å². The van der Waals surface area contributed by atoms with E-state index in [9.17, 15) is 4.79 Å². The fourth-order valence-electron chi connectivity index (χ4n) is 3.12. The summed E-state index contributed by atoms with van der Waals surface area (Å²) >= 11 is 13.5. The standard InChI is InChI=1S/C23H19Cl2N5O2S/c1-14-11-19(20(32-2)12-18(14)25)27-21(31)13-33-23-29-28-22(15-7-9-26-10-8-15)30(23)17-5-3-16(24)4-6-17/h3-12H,13H2,1-2H3,(H,27,31). The summed E-state index contributed by atoms with van der Waals surface area (Å²) in [4.78, 5) is 16.8. The third-order valence-corrected chi connectivity index (χ3v) is 6.33. The zero-order valence-corrected chi connectivity index (χ0v) is 20.1. The van der Waals surface area contributed by atoms with Crippen molar-refractivity contribution in [2.45, 2.75) is 12.1 Å². The second kappa shape index (κ2) is 10.2. The molecule has 33 heavy (non-hydrogen) atoms. The summed E-state index contributed by atoms with van der Waals surface area (Å²) in [6.45, 7) is 1.86. The third-order valence-electron chi connectivity index (χ3n) is 4.74. The molecule has 0 spiro atoms. The van der Waals surface area contributed by atoms with Gasteiger partial charge < -0.3 is 10.1 Å². The molecule has 1 N–H and O–H groups in total. The van der Waals surface area contributed by atoms with Crippen LogP contribution in [0.3, 0.4) is 0 Å². The van der Waals surface area contributed by atoms with Gasteiger partial charge in [-0.3, -0.25) is 14.3 Å². The maximum absolute atomic E-state index is 12.7. The van der Waals surface area contributed by atoms with E-state index < -0.39 is 0 Å². The van der Waals surface area contributed by atoms with Crippen LogP contribution in [0.1, 0.15) is 5.56 Å². The average Bonchev–Trinajstić information content (AvgIpc) is 3.25. The van der Waals surface area contributed by atoms with Gasteiger partial charge in [0, 0.05) is 39.8 Å². The first-order valence-electron chi connectivity index (χ1n) is 9.85. The van der Waals surface area contributed by atoms with Crippen molar-refractivity contribution in [1.82, 2.24) is 19.7 Å². The Morgan fingerprint density at radius 3 is 2.52 bits per heavy atom. The number of aryl methyl sites for hydroxylation is 1. The average molecular weight is 500 g/mol. The maximum Gasteiger partial charge on any atom is 0.234 e. The normalized spacial score (nSPS) is 10.8. The molecule has 2 aromatic heterocycles. The molecule has 0 fully saturated rings. The molecule has 0 bridgehead atoms. The highest BCUT2D eigenvalue weighted by molar-refractivity contribution is 7.99. The number of thioether (sulfide) groups is 1. The summed E-state index contributed by atoms with van der Waals surface area (Å²) in [6.07, 6.45) is 3.38. The van der Waals surface area contributed by atoms with Gasteiger partial charge in [-0.05, 0) is 55.0 Å². The highest BCUT2D eigenvalue weighted by Gasteiger charge is 2.18. The molecule has 0 aliphatic rings. The predicted molar refractivity (Wildman–Crippen MR) is 132 cm³/mol. The number of benzene rings is 2. The van der Waals surface area contributed by atoms with Crippen LogP contribution in [-0.2, 0) is 4.79 Å². The fraction of sp³-hybridized carbons (Fsp3) is 0.130. The molecule has 0 radical (unpaired) electrons. The monoisotopic (exact) mass is 499 g/mol. The minimum Gasteiger partial charge on any atom is -0.495 e. The van der Waals surface area contributed by atoms with E-state index in [0.717, 1.165) is 16.8 Å². The number of hydrogen-bond donors (Lipinski definition) is 1. The van der Waals surface area contributed by atoms with E-state index >= 15 is 0 Å². The Morgan fingerprint density at radius 1 is 1.09 bits per heavy atom. The van der Waals surface area contributed by atoms with Gasteiger partial charge in [0.2, 0.25) is 5.91 Å². The van der Waals surface area contributed by atoms with Crippen molar-refractivity contribution >= 4 is 46.6 Å². The molecule has 0 atom stereocenters. The molecule has 0 aliphatic carbocycles. The first kappa shape index (κ1) is 23.1. The SMILES string of the molecule is COc1cc(Cl)c(C)cc1NC(=O)CSc1nnc(-c2ccncc2)n1-c1ccc(Cl)cc1. The lowest BCUT2D eigenvalue weighted by Crippen LogP contribution is -2.15. The zero-order valence-electron chi connectivity index (χ0n) is 17.8. The number of methoxy groups -OCH3 is 1. The Morgan fingerprint density at radius 2 is 1.82 bits per heavy atom. The van der Waals surface area contributed by atoms with E-state index in [1.54, 1.807) is 36.7 Å². The van der Waals surface area contributed by atoms with Gasteiger partial charge in [-0.2, -0.15) is 0 Å². The summed E-state index contributed by atoms with van der Waals surface area (Å²) in [5.41, 5.74) is 3.07. The third kappa shape index (κ3) is 5.30. The van der Waals surface area contributed by atoms with Gasteiger partial charge >= 0.3 is 0 Å². The summed E-state index contributed by atoms with van der Waals surface area (Å²) in [5.74, 6) is 1.04. The van der Waals surface area contributed by atoms with Gasteiger partial charge in [-0.1, -0.05) is 35.0 Å². The smallest absolute Gasteiger partial charge is 0.234 e. The lowest BCUT2D eigenvalue weighted by molar-refractivity contribution is -0.113. The molecule has 0 saturated carbocycles.